The van der Waals surface area contributed by atoms with Gasteiger partial charge in [-0.05, 0) is 25.0 Å². The van der Waals surface area contributed by atoms with Crippen LogP contribution in [0, 0.1) is 11.2 Å². The number of carbonyl (C=O) groups excluding carboxylic acids is 2. The molecule has 0 atom stereocenters. The lowest BCUT2D eigenvalue weighted by atomic mass is 9.81. The van der Waals surface area contributed by atoms with Crippen LogP contribution in [0.25, 0.3) is 0 Å². The SMILES string of the molecule is CCC1(CC)CC(=O)N(Cc2ccc(Br)cc2F)C1=O. The fraction of sp³-hybridized carbons (Fsp3) is 0.467. The lowest BCUT2D eigenvalue weighted by molar-refractivity contribution is -0.142. The van der Waals surface area contributed by atoms with Crippen molar-refractivity contribution in [2.45, 2.75) is 39.7 Å². The number of benzene rings is 1. The minimum Gasteiger partial charge on any atom is -0.278 e. The number of rotatable bonds is 4. The van der Waals surface area contributed by atoms with Gasteiger partial charge in [0.15, 0.2) is 0 Å². The summed E-state index contributed by atoms with van der Waals surface area (Å²) in [5, 5.41) is 0. The zero-order chi connectivity index (χ0) is 14.9. The van der Waals surface area contributed by atoms with Gasteiger partial charge in [0, 0.05) is 16.5 Å². The van der Waals surface area contributed by atoms with E-state index in [0.29, 0.717) is 22.9 Å². The van der Waals surface area contributed by atoms with Crippen molar-refractivity contribution >= 4 is 27.7 Å². The largest absolute Gasteiger partial charge is 0.278 e. The van der Waals surface area contributed by atoms with E-state index in [9.17, 15) is 14.0 Å². The first-order chi connectivity index (χ1) is 9.43. The molecule has 108 valence electrons. The Hall–Kier alpha value is -1.23. The van der Waals surface area contributed by atoms with Crippen molar-refractivity contribution in [1.82, 2.24) is 4.90 Å². The number of carbonyl (C=O) groups is 2. The molecule has 1 saturated heterocycles. The molecule has 0 saturated carbocycles. The molecule has 0 aliphatic carbocycles. The molecule has 1 aliphatic heterocycles. The van der Waals surface area contributed by atoms with Crippen LogP contribution in [0.4, 0.5) is 4.39 Å². The van der Waals surface area contributed by atoms with Crippen LogP contribution < -0.4 is 0 Å². The van der Waals surface area contributed by atoms with Gasteiger partial charge in [-0.15, -0.1) is 0 Å². The summed E-state index contributed by atoms with van der Waals surface area (Å²) in [6.45, 7) is 3.84. The number of hydrogen-bond donors (Lipinski definition) is 0. The molecule has 2 rings (SSSR count). The van der Waals surface area contributed by atoms with Gasteiger partial charge in [-0.3, -0.25) is 14.5 Å². The Morgan fingerprint density at radius 2 is 1.95 bits per heavy atom. The first-order valence-electron chi connectivity index (χ1n) is 6.72. The molecule has 20 heavy (non-hydrogen) atoms. The summed E-state index contributed by atoms with van der Waals surface area (Å²) in [5.74, 6) is -0.790. The number of hydrogen-bond acceptors (Lipinski definition) is 2. The topological polar surface area (TPSA) is 37.4 Å². The first-order valence-corrected chi connectivity index (χ1v) is 7.51. The monoisotopic (exact) mass is 341 g/mol. The van der Waals surface area contributed by atoms with Crippen molar-refractivity contribution < 1.29 is 14.0 Å². The maximum Gasteiger partial charge on any atom is 0.236 e. The van der Waals surface area contributed by atoms with Crippen LogP contribution in [0.2, 0.25) is 0 Å². The van der Waals surface area contributed by atoms with Gasteiger partial charge in [0.05, 0.1) is 12.0 Å². The maximum atomic E-state index is 13.8. The van der Waals surface area contributed by atoms with Gasteiger partial charge in [-0.25, -0.2) is 4.39 Å². The quantitative estimate of drug-likeness (QED) is 0.784. The van der Waals surface area contributed by atoms with Crippen LogP contribution in [-0.2, 0) is 16.1 Å². The third-order valence-electron chi connectivity index (χ3n) is 4.19. The predicted molar refractivity (Wildman–Crippen MR) is 77.3 cm³/mol. The smallest absolute Gasteiger partial charge is 0.236 e. The molecule has 0 radical (unpaired) electrons. The average Bonchev–Trinajstić information content (AvgIpc) is 2.66. The van der Waals surface area contributed by atoms with Crippen molar-refractivity contribution in [2.24, 2.45) is 5.41 Å². The molecule has 3 nitrogen and oxygen atoms in total. The van der Waals surface area contributed by atoms with Crippen molar-refractivity contribution in [3.05, 3.63) is 34.1 Å². The third-order valence-corrected chi connectivity index (χ3v) is 4.68. The summed E-state index contributed by atoms with van der Waals surface area (Å²) < 4.78 is 14.5. The van der Waals surface area contributed by atoms with E-state index in [4.69, 9.17) is 0 Å². The van der Waals surface area contributed by atoms with Gasteiger partial charge in [0.25, 0.3) is 0 Å². The van der Waals surface area contributed by atoms with Crippen molar-refractivity contribution in [3.8, 4) is 0 Å². The van der Waals surface area contributed by atoms with E-state index in [2.05, 4.69) is 15.9 Å². The lowest BCUT2D eigenvalue weighted by Crippen LogP contribution is -2.35. The molecule has 1 fully saturated rings. The molecule has 5 heteroatoms. The van der Waals surface area contributed by atoms with Gasteiger partial charge < -0.3 is 0 Å². The fourth-order valence-electron chi connectivity index (χ4n) is 2.64. The van der Waals surface area contributed by atoms with Crippen LogP contribution in [0.15, 0.2) is 22.7 Å². The fourth-order valence-corrected chi connectivity index (χ4v) is 2.98. The molecule has 0 bridgehead atoms. The molecular weight excluding hydrogens is 325 g/mol. The molecule has 1 heterocycles. The number of nitrogens with zero attached hydrogens (tertiary/aromatic N) is 1. The normalized spacial score (nSPS) is 17.9. The zero-order valence-corrected chi connectivity index (χ0v) is 13.2. The Kier molecular flexibility index (Phi) is 4.28. The number of amides is 2. The molecule has 1 aromatic rings. The second-order valence-electron chi connectivity index (χ2n) is 5.18. The van der Waals surface area contributed by atoms with Crippen LogP contribution in [0.5, 0.6) is 0 Å². The number of halogens is 2. The zero-order valence-electron chi connectivity index (χ0n) is 11.6. The molecule has 1 aromatic carbocycles. The first kappa shape index (κ1) is 15.2. The minimum atomic E-state index is -0.594. The van der Waals surface area contributed by atoms with Crippen molar-refractivity contribution in [3.63, 3.8) is 0 Å². The van der Waals surface area contributed by atoms with Gasteiger partial charge in [0.1, 0.15) is 5.82 Å². The van der Waals surface area contributed by atoms with E-state index >= 15 is 0 Å². The summed E-state index contributed by atoms with van der Waals surface area (Å²) in [4.78, 5) is 25.7. The summed E-state index contributed by atoms with van der Waals surface area (Å²) >= 11 is 3.19. The van der Waals surface area contributed by atoms with Gasteiger partial charge in [-0.1, -0.05) is 35.8 Å². The Bertz CT molecular complexity index is 555. The summed E-state index contributed by atoms with van der Waals surface area (Å²) in [5.41, 5.74) is -0.235. The minimum absolute atomic E-state index is 0.0124. The molecule has 0 spiro atoms. The summed E-state index contributed by atoms with van der Waals surface area (Å²) in [6.07, 6.45) is 1.50. The maximum absolute atomic E-state index is 13.8. The molecule has 0 aromatic heterocycles. The molecular formula is C15H17BrFNO2. The summed E-state index contributed by atoms with van der Waals surface area (Å²) in [7, 11) is 0. The van der Waals surface area contributed by atoms with E-state index in [0.717, 1.165) is 0 Å². The van der Waals surface area contributed by atoms with E-state index in [1.54, 1.807) is 12.1 Å². The highest BCUT2D eigenvalue weighted by atomic mass is 79.9. The van der Waals surface area contributed by atoms with Crippen LogP contribution in [-0.4, -0.2) is 16.7 Å². The van der Waals surface area contributed by atoms with E-state index < -0.39 is 11.2 Å². The lowest BCUT2D eigenvalue weighted by Gasteiger charge is -2.23. The van der Waals surface area contributed by atoms with Crippen molar-refractivity contribution in [1.29, 1.82) is 0 Å². The van der Waals surface area contributed by atoms with E-state index in [-0.39, 0.29) is 24.8 Å². The molecule has 2 amide bonds. The van der Waals surface area contributed by atoms with Crippen LogP contribution in [0.3, 0.4) is 0 Å². The molecule has 0 unspecified atom stereocenters. The standard InChI is InChI=1S/C15H17BrFNO2/c1-3-15(4-2)8-13(19)18(14(15)20)9-10-5-6-11(16)7-12(10)17/h5-7H,3-4,8-9H2,1-2H3. The van der Waals surface area contributed by atoms with Gasteiger partial charge in [0.2, 0.25) is 11.8 Å². The predicted octanol–water partition coefficient (Wildman–Crippen LogP) is 3.65. The van der Waals surface area contributed by atoms with E-state index in [1.165, 1.54) is 11.0 Å². The number of imide groups is 1. The second-order valence-corrected chi connectivity index (χ2v) is 6.10. The Balaban J connectivity index is 2.26. The third kappa shape index (κ3) is 2.51. The Morgan fingerprint density at radius 1 is 1.30 bits per heavy atom. The summed E-state index contributed by atoms with van der Waals surface area (Å²) in [6, 6.07) is 4.64. The van der Waals surface area contributed by atoms with Crippen LogP contribution >= 0.6 is 15.9 Å². The molecule has 1 aliphatic rings. The van der Waals surface area contributed by atoms with Crippen LogP contribution in [0.1, 0.15) is 38.7 Å². The van der Waals surface area contributed by atoms with Gasteiger partial charge >= 0.3 is 0 Å². The molecule has 0 N–H and O–H groups in total. The average molecular weight is 342 g/mol. The Labute approximate surface area is 126 Å². The number of likely N-dealkylation sites (tertiary alicyclic amines) is 1. The van der Waals surface area contributed by atoms with Crippen molar-refractivity contribution in [2.75, 3.05) is 0 Å². The highest BCUT2D eigenvalue weighted by molar-refractivity contribution is 9.10. The Morgan fingerprint density at radius 3 is 2.45 bits per heavy atom. The van der Waals surface area contributed by atoms with E-state index in [1.807, 2.05) is 13.8 Å². The highest BCUT2D eigenvalue weighted by Gasteiger charge is 2.48. The van der Waals surface area contributed by atoms with Gasteiger partial charge in [-0.2, -0.15) is 0 Å². The highest BCUT2D eigenvalue weighted by Crippen LogP contribution is 2.39. The second kappa shape index (κ2) is 5.64.